The second-order valence-corrected chi connectivity index (χ2v) is 8.25. The van der Waals surface area contributed by atoms with Crippen molar-refractivity contribution in [3.8, 4) is 12.5 Å². The standard InChI is InChI=1S/C17H17IN2O2S/c1-4-20(3)23(21,22)17-10-9-16(11-13(17)2)19-12-14-5-7-15(18)8-6-14/h1,5-11,19H,12H2,2-3H3. The van der Waals surface area contributed by atoms with Crippen LogP contribution in [0, 0.1) is 23.0 Å². The van der Waals surface area contributed by atoms with Gasteiger partial charge >= 0.3 is 0 Å². The third-order valence-corrected chi connectivity index (χ3v) is 5.96. The van der Waals surface area contributed by atoms with Crippen LogP contribution in [0.5, 0.6) is 0 Å². The number of nitrogens with zero attached hydrogens (tertiary/aromatic N) is 1. The molecule has 0 aliphatic rings. The number of rotatable bonds is 5. The van der Waals surface area contributed by atoms with Gasteiger partial charge in [0.1, 0.15) is 0 Å². The lowest BCUT2D eigenvalue weighted by Crippen LogP contribution is -2.22. The molecule has 2 aromatic carbocycles. The maximum Gasteiger partial charge on any atom is 0.270 e. The second kappa shape index (κ2) is 7.23. The van der Waals surface area contributed by atoms with Crippen molar-refractivity contribution in [2.24, 2.45) is 0 Å². The molecule has 0 saturated carbocycles. The molecule has 120 valence electrons. The molecule has 0 aromatic heterocycles. The van der Waals surface area contributed by atoms with Gasteiger partial charge in [-0.05, 0) is 71.0 Å². The van der Waals surface area contributed by atoms with E-state index in [2.05, 4.69) is 46.1 Å². The Labute approximate surface area is 151 Å². The molecule has 0 bridgehead atoms. The molecular weight excluding hydrogens is 423 g/mol. The van der Waals surface area contributed by atoms with Crippen molar-refractivity contribution in [1.82, 2.24) is 4.31 Å². The molecule has 0 fully saturated rings. The van der Waals surface area contributed by atoms with Crippen LogP contribution in [0.2, 0.25) is 0 Å². The minimum Gasteiger partial charge on any atom is -0.381 e. The van der Waals surface area contributed by atoms with Gasteiger partial charge in [-0.15, -0.1) is 0 Å². The average Bonchev–Trinajstić information content (AvgIpc) is 2.53. The Hall–Kier alpha value is -1.72. The normalized spacial score (nSPS) is 10.9. The second-order valence-electron chi connectivity index (χ2n) is 5.06. The summed E-state index contributed by atoms with van der Waals surface area (Å²) in [4.78, 5) is 0.220. The van der Waals surface area contributed by atoms with Gasteiger partial charge in [0.15, 0.2) is 0 Å². The van der Waals surface area contributed by atoms with E-state index in [0.717, 1.165) is 15.6 Å². The lowest BCUT2D eigenvalue weighted by molar-refractivity contribution is 0.546. The Morgan fingerprint density at radius 1 is 1.22 bits per heavy atom. The summed E-state index contributed by atoms with van der Waals surface area (Å²) in [7, 11) is -2.28. The van der Waals surface area contributed by atoms with E-state index >= 15 is 0 Å². The molecule has 23 heavy (non-hydrogen) atoms. The highest BCUT2D eigenvalue weighted by atomic mass is 127. The van der Waals surface area contributed by atoms with Gasteiger partial charge in [-0.1, -0.05) is 18.6 Å². The first-order valence-corrected chi connectivity index (χ1v) is 9.40. The fourth-order valence-corrected chi connectivity index (χ4v) is 3.57. The summed E-state index contributed by atoms with van der Waals surface area (Å²) in [5.41, 5.74) is 2.68. The van der Waals surface area contributed by atoms with Gasteiger partial charge in [-0.2, -0.15) is 0 Å². The lowest BCUT2D eigenvalue weighted by atomic mass is 10.2. The molecule has 0 spiro atoms. The first-order valence-electron chi connectivity index (χ1n) is 6.89. The first-order chi connectivity index (χ1) is 10.8. The summed E-state index contributed by atoms with van der Waals surface area (Å²) in [5, 5.41) is 3.29. The van der Waals surface area contributed by atoms with Crippen LogP contribution in [-0.2, 0) is 16.6 Å². The van der Waals surface area contributed by atoms with Gasteiger partial charge in [-0.25, -0.2) is 12.7 Å². The van der Waals surface area contributed by atoms with Crippen LogP contribution < -0.4 is 5.32 Å². The van der Waals surface area contributed by atoms with E-state index in [1.165, 1.54) is 10.6 Å². The predicted molar refractivity (Wildman–Crippen MR) is 101 cm³/mol. The quantitative estimate of drug-likeness (QED) is 0.441. The molecule has 2 rings (SSSR count). The van der Waals surface area contributed by atoms with Gasteiger partial charge < -0.3 is 5.32 Å². The number of sulfonamides is 1. The van der Waals surface area contributed by atoms with E-state index in [0.29, 0.717) is 12.1 Å². The van der Waals surface area contributed by atoms with Crippen LogP contribution in [-0.4, -0.2) is 19.8 Å². The highest BCUT2D eigenvalue weighted by molar-refractivity contribution is 14.1. The fourth-order valence-electron chi connectivity index (χ4n) is 2.07. The zero-order valence-corrected chi connectivity index (χ0v) is 15.8. The molecule has 1 N–H and O–H groups in total. The third-order valence-electron chi connectivity index (χ3n) is 3.41. The monoisotopic (exact) mass is 440 g/mol. The third kappa shape index (κ3) is 4.18. The summed E-state index contributed by atoms with van der Waals surface area (Å²) in [6.07, 6.45) is 5.18. The number of anilines is 1. The van der Waals surface area contributed by atoms with E-state index in [4.69, 9.17) is 6.42 Å². The molecule has 0 heterocycles. The molecule has 0 aliphatic heterocycles. The number of hydrogen-bond acceptors (Lipinski definition) is 3. The molecule has 4 nitrogen and oxygen atoms in total. The number of hydrogen-bond donors (Lipinski definition) is 1. The minimum atomic E-state index is -3.64. The van der Waals surface area contributed by atoms with Crippen molar-refractivity contribution < 1.29 is 8.42 Å². The zero-order chi connectivity index (χ0) is 17.0. The van der Waals surface area contributed by atoms with Crippen molar-refractivity contribution in [2.75, 3.05) is 12.4 Å². The number of benzene rings is 2. The maximum atomic E-state index is 12.3. The van der Waals surface area contributed by atoms with Crippen LogP contribution >= 0.6 is 22.6 Å². The SMILES string of the molecule is C#CN(C)S(=O)(=O)c1ccc(NCc2ccc(I)cc2)cc1C. The Kier molecular flexibility index (Phi) is 5.55. The Morgan fingerprint density at radius 2 is 1.87 bits per heavy atom. The van der Waals surface area contributed by atoms with Crippen LogP contribution in [0.15, 0.2) is 47.4 Å². The fraction of sp³-hybridized carbons (Fsp3) is 0.176. The lowest BCUT2D eigenvalue weighted by Gasteiger charge is -2.15. The molecule has 2 aromatic rings. The first kappa shape index (κ1) is 17.6. The van der Waals surface area contributed by atoms with Gasteiger partial charge in [-0.3, -0.25) is 0 Å². The largest absolute Gasteiger partial charge is 0.381 e. The Balaban J connectivity index is 2.17. The van der Waals surface area contributed by atoms with E-state index in [9.17, 15) is 8.42 Å². The molecule has 0 aliphatic carbocycles. The summed E-state index contributed by atoms with van der Waals surface area (Å²) in [6.45, 7) is 2.43. The van der Waals surface area contributed by atoms with Gasteiger partial charge in [0.25, 0.3) is 10.0 Å². The summed E-state index contributed by atoms with van der Waals surface area (Å²) < 4.78 is 26.6. The van der Waals surface area contributed by atoms with Crippen molar-refractivity contribution in [2.45, 2.75) is 18.4 Å². The smallest absolute Gasteiger partial charge is 0.270 e. The molecule has 0 saturated heterocycles. The molecule has 0 atom stereocenters. The summed E-state index contributed by atoms with van der Waals surface area (Å²) in [5.74, 6) is 0. The van der Waals surface area contributed by atoms with Gasteiger partial charge in [0.2, 0.25) is 0 Å². The molecule has 0 unspecified atom stereocenters. The summed E-state index contributed by atoms with van der Waals surface area (Å²) >= 11 is 2.26. The van der Waals surface area contributed by atoms with Crippen LogP contribution in [0.3, 0.4) is 0 Å². The Bertz CT molecular complexity index is 840. The zero-order valence-electron chi connectivity index (χ0n) is 12.9. The van der Waals surface area contributed by atoms with Gasteiger partial charge in [0.05, 0.1) is 4.90 Å². The minimum absolute atomic E-state index is 0.220. The molecular formula is C17H17IN2O2S. The molecule has 0 amide bonds. The van der Waals surface area contributed by atoms with E-state index < -0.39 is 10.0 Å². The van der Waals surface area contributed by atoms with Gasteiger partial charge in [0, 0.05) is 28.9 Å². The number of nitrogens with one attached hydrogen (secondary N) is 1. The highest BCUT2D eigenvalue weighted by Crippen LogP contribution is 2.22. The van der Waals surface area contributed by atoms with Crippen molar-refractivity contribution >= 4 is 38.3 Å². The number of terminal acetylenes is 1. The van der Waals surface area contributed by atoms with Crippen molar-refractivity contribution in [3.63, 3.8) is 0 Å². The summed E-state index contributed by atoms with van der Waals surface area (Å²) in [6, 6.07) is 15.5. The van der Waals surface area contributed by atoms with Crippen LogP contribution in [0.4, 0.5) is 5.69 Å². The number of aryl methyl sites for hydroxylation is 1. The van der Waals surface area contributed by atoms with Crippen LogP contribution in [0.1, 0.15) is 11.1 Å². The topological polar surface area (TPSA) is 49.4 Å². The molecule has 0 radical (unpaired) electrons. The van der Waals surface area contributed by atoms with E-state index in [1.807, 2.05) is 18.2 Å². The number of halogens is 1. The Morgan fingerprint density at radius 3 is 2.43 bits per heavy atom. The van der Waals surface area contributed by atoms with Crippen molar-refractivity contribution in [3.05, 3.63) is 57.2 Å². The van der Waals surface area contributed by atoms with Crippen molar-refractivity contribution in [1.29, 1.82) is 0 Å². The maximum absolute atomic E-state index is 12.3. The predicted octanol–water partition coefficient (Wildman–Crippen LogP) is 3.42. The molecule has 6 heteroatoms. The highest BCUT2D eigenvalue weighted by Gasteiger charge is 2.20. The van der Waals surface area contributed by atoms with Crippen LogP contribution in [0.25, 0.3) is 0 Å². The average molecular weight is 440 g/mol. The van der Waals surface area contributed by atoms with E-state index in [-0.39, 0.29) is 4.90 Å². The van der Waals surface area contributed by atoms with E-state index in [1.54, 1.807) is 19.1 Å².